The van der Waals surface area contributed by atoms with E-state index in [-0.39, 0.29) is 5.97 Å². The third-order valence-corrected chi connectivity index (χ3v) is 2.90. The van der Waals surface area contributed by atoms with Crippen molar-refractivity contribution in [3.8, 4) is 0 Å². The van der Waals surface area contributed by atoms with Gasteiger partial charge >= 0.3 is 5.97 Å². The number of pyridine rings is 1. The Kier molecular flexibility index (Phi) is 3.55. The zero-order valence-corrected chi connectivity index (χ0v) is 11.5. The number of ether oxygens (including phenoxy) is 1. The lowest BCUT2D eigenvalue weighted by atomic mass is 10.3. The van der Waals surface area contributed by atoms with Gasteiger partial charge < -0.3 is 14.0 Å². The van der Waals surface area contributed by atoms with Crippen molar-refractivity contribution in [3.05, 3.63) is 41.9 Å². The summed E-state index contributed by atoms with van der Waals surface area (Å²) < 4.78 is 6.59. The van der Waals surface area contributed by atoms with E-state index in [0.717, 1.165) is 17.0 Å². The normalized spacial score (nSPS) is 11.7. The molecule has 0 aliphatic heterocycles. The van der Waals surface area contributed by atoms with E-state index in [1.807, 2.05) is 42.6 Å². The minimum atomic E-state index is -0.356. The number of allylic oxidation sites excluding steroid dienone is 1. The topological polar surface area (TPSA) is 46.8 Å². The molecule has 0 fully saturated rings. The van der Waals surface area contributed by atoms with Gasteiger partial charge in [0.1, 0.15) is 11.3 Å². The quantitative estimate of drug-likeness (QED) is 0.791. The summed E-state index contributed by atoms with van der Waals surface area (Å²) >= 11 is 0. The van der Waals surface area contributed by atoms with Gasteiger partial charge in [0.15, 0.2) is 0 Å². The molecule has 2 aromatic heterocycles. The van der Waals surface area contributed by atoms with Gasteiger partial charge in [0.25, 0.3) is 0 Å². The highest BCUT2D eigenvalue weighted by Crippen LogP contribution is 2.17. The highest BCUT2D eigenvalue weighted by Gasteiger charge is 2.11. The largest absolute Gasteiger partial charge is 0.465 e. The van der Waals surface area contributed by atoms with E-state index in [0.29, 0.717) is 5.56 Å². The van der Waals surface area contributed by atoms with Crippen LogP contribution >= 0.6 is 0 Å². The van der Waals surface area contributed by atoms with Crippen molar-refractivity contribution in [2.45, 2.75) is 6.92 Å². The maximum atomic E-state index is 11.5. The van der Waals surface area contributed by atoms with E-state index < -0.39 is 0 Å². The molecule has 0 aliphatic rings. The maximum absolute atomic E-state index is 11.5. The van der Waals surface area contributed by atoms with E-state index in [4.69, 9.17) is 4.74 Å². The number of imidazole rings is 1. The van der Waals surface area contributed by atoms with Crippen LogP contribution in [0, 0.1) is 0 Å². The summed E-state index contributed by atoms with van der Waals surface area (Å²) in [5.74, 6) is -0.356. The van der Waals surface area contributed by atoms with Crippen molar-refractivity contribution in [3.63, 3.8) is 0 Å². The summed E-state index contributed by atoms with van der Waals surface area (Å²) in [6.45, 7) is 1.97. The molecule has 0 aromatic carbocycles. The van der Waals surface area contributed by atoms with Crippen LogP contribution in [-0.2, 0) is 4.74 Å². The Morgan fingerprint density at radius 3 is 2.79 bits per heavy atom. The predicted octanol–water partition coefficient (Wildman–Crippen LogP) is 2.04. The molecule has 0 saturated heterocycles. The van der Waals surface area contributed by atoms with Gasteiger partial charge in [0.05, 0.1) is 18.4 Å². The second-order valence-corrected chi connectivity index (χ2v) is 4.37. The Bertz CT molecular complexity index is 641. The van der Waals surface area contributed by atoms with Gasteiger partial charge in [-0.1, -0.05) is 6.08 Å². The molecule has 0 aliphatic carbocycles. The fourth-order valence-electron chi connectivity index (χ4n) is 1.99. The first-order valence-corrected chi connectivity index (χ1v) is 5.98. The van der Waals surface area contributed by atoms with Crippen LogP contribution in [0.5, 0.6) is 0 Å². The molecule has 5 heteroatoms. The Balaban J connectivity index is 2.49. The van der Waals surface area contributed by atoms with E-state index in [1.165, 1.54) is 7.11 Å². The van der Waals surface area contributed by atoms with Gasteiger partial charge in [-0.2, -0.15) is 0 Å². The summed E-state index contributed by atoms with van der Waals surface area (Å²) in [5.41, 5.74) is 3.12. The molecular formula is C14H17N3O2. The highest BCUT2D eigenvalue weighted by atomic mass is 16.5. The molecule has 5 nitrogen and oxygen atoms in total. The number of carbonyl (C=O) groups excluding carboxylic acids is 1. The van der Waals surface area contributed by atoms with Gasteiger partial charge in [-0.3, -0.25) is 0 Å². The molecule has 0 bridgehead atoms. The maximum Gasteiger partial charge on any atom is 0.338 e. The lowest BCUT2D eigenvalue weighted by Crippen LogP contribution is -2.09. The third-order valence-electron chi connectivity index (χ3n) is 2.90. The zero-order chi connectivity index (χ0) is 14.0. The molecule has 0 spiro atoms. The minimum Gasteiger partial charge on any atom is -0.465 e. The number of rotatable bonds is 3. The minimum absolute atomic E-state index is 0.356. The van der Waals surface area contributed by atoms with Gasteiger partial charge in [-0.15, -0.1) is 0 Å². The number of nitrogens with zero attached hydrogens (tertiary/aromatic N) is 3. The zero-order valence-electron chi connectivity index (χ0n) is 11.5. The first kappa shape index (κ1) is 13.1. The van der Waals surface area contributed by atoms with Gasteiger partial charge in [-0.05, 0) is 19.1 Å². The summed E-state index contributed by atoms with van der Waals surface area (Å²) in [4.78, 5) is 18.0. The van der Waals surface area contributed by atoms with Crippen LogP contribution < -0.4 is 0 Å². The van der Waals surface area contributed by atoms with Crippen LogP contribution in [0.1, 0.15) is 23.0 Å². The lowest BCUT2D eigenvalue weighted by Gasteiger charge is -2.14. The number of hydrogen-bond donors (Lipinski definition) is 0. The standard InChI is InChI=1S/C14H17N3O2/c1-5-12(16(2)3)11-9-17-7-6-10(14(18)19-4)8-13(17)15-11/h5-9H,1-4H3/b12-5-. The van der Waals surface area contributed by atoms with E-state index in [1.54, 1.807) is 18.3 Å². The SMILES string of the molecule is C/C=C(/c1cn2ccc(C(=O)OC)cc2n1)N(C)C. The Morgan fingerprint density at radius 2 is 2.21 bits per heavy atom. The third kappa shape index (κ3) is 2.45. The van der Waals surface area contributed by atoms with Gasteiger partial charge in [0, 0.05) is 26.5 Å². The fourth-order valence-corrected chi connectivity index (χ4v) is 1.99. The van der Waals surface area contributed by atoms with Crippen LogP contribution in [0.2, 0.25) is 0 Å². The molecule has 0 unspecified atom stereocenters. The average molecular weight is 259 g/mol. The highest BCUT2D eigenvalue weighted by molar-refractivity contribution is 5.90. The van der Waals surface area contributed by atoms with E-state index >= 15 is 0 Å². The Labute approximate surface area is 112 Å². The fraction of sp³-hybridized carbons (Fsp3) is 0.286. The van der Waals surface area contributed by atoms with Crippen LogP contribution in [0.4, 0.5) is 0 Å². The van der Waals surface area contributed by atoms with Gasteiger partial charge in [-0.25, -0.2) is 9.78 Å². The predicted molar refractivity (Wildman–Crippen MR) is 73.9 cm³/mol. The molecule has 0 saturated carbocycles. The first-order chi connectivity index (χ1) is 9.06. The van der Waals surface area contributed by atoms with Crippen molar-refractivity contribution in [1.29, 1.82) is 0 Å². The van der Waals surface area contributed by atoms with Crippen LogP contribution in [0.25, 0.3) is 11.3 Å². The molecule has 19 heavy (non-hydrogen) atoms. The first-order valence-electron chi connectivity index (χ1n) is 5.98. The summed E-state index contributed by atoms with van der Waals surface area (Å²) in [5, 5.41) is 0. The van der Waals surface area contributed by atoms with E-state index in [9.17, 15) is 4.79 Å². The average Bonchev–Trinajstić information content (AvgIpc) is 2.80. The molecule has 0 radical (unpaired) electrons. The molecule has 100 valence electrons. The summed E-state index contributed by atoms with van der Waals surface area (Å²) in [6.07, 6.45) is 5.75. The number of hydrogen-bond acceptors (Lipinski definition) is 4. The smallest absolute Gasteiger partial charge is 0.338 e. The molecular weight excluding hydrogens is 242 g/mol. The number of methoxy groups -OCH3 is 1. The van der Waals surface area contributed by atoms with Crippen LogP contribution in [-0.4, -0.2) is 41.5 Å². The molecule has 0 N–H and O–H groups in total. The Hall–Kier alpha value is -2.30. The number of aromatic nitrogens is 2. The number of carbonyl (C=O) groups is 1. The Morgan fingerprint density at radius 1 is 1.47 bits per heavy atom. The van der Waals surface area contributed by atoms with Crippen molar-refractivity contribution in [2.75, 3.05) is 21.2 Å². The molecule has 0 atom stereocenters. The monoisotopic (exact) mass is 259 g/mol. The summed E-state index contributed by atoms with van der Waals surface area (Å²) in [7, 11) is 5.31. The molecule has 0 amide bonds. The van der Waals surface area contributed by atoms with Gasteiger partial charge in [0.2, 0.25) is 0 Å². The lowest BCUT2D eigenvalue weighted by molar-refractivity contribution is 0.0600. The van der Waals surface area contributed by atoms with Crippen molar-refractivity contribution in [2.24, 2.45) is 0 Å². The molecule has 2 rings (SSSR count). The molecule has 2 heterocycles. The molecule has 2 aromatic rings. The van der Waals surface area contributed by atoms with Crippen LogP contribution in [0.15, 0.2) is 30.6 Å². The van der Waals surface area contributed by atoms with Crippen molar-refractivity contribution >= 4 is 17.3 Å². The van der Waals surface area contributed by atoms with Crippen molar-refractivity contribution in [1.82, 2.24) is 14.3 Å². The summed E-state index contributed by atoms with van der Waals surface area (Å²) in [6, 6.07) is 3.44. The number of esters is 1. The van der Waals surface area contributed by atoms with E-state index in [2.05, 4.69) is 4.98 Å². The van der Waals surface area contributed by atoms with Crippen molar-refractivity contribution < 1.29 is 9.53 Å². The second kappa shape index (κ2) is 5.14. The second-order valence-electron chi connectivity index (χ2n) is 4.37. The number of fused-ring (bicyclic) bond motifs is 1. The van der Waals surface area contributed by atoms with Crippen LogP contribution in [0.3, 0.4) is 0 Å².